The molecule has 0 radical (unpaired) electrons. The van der Waals surface area contributed by atoms with Gasteiger partial charge in [0.25, 0.3) is 10.0 Å². The van der Waals surface area contributed by atoms with Crippen molar-refractivity contribution in [2.75, 3.05) is 10.5 Å². The van der Waals surface area contributed by atoms with Gasteiger partial charge in [-0.15, -0.1) is 0 Å². The van der Waals surface area contributed by atoms with E-state index in [1.807, 2.05) is 0 Å². The molecule has 0 heterocycles. The van der Waals surface area contributed by atoms with Crippen LogP contribution >= 0.6 is 27.5 Å². The Hall–Kier alpha value is -1.31. The van der Waals surface area contributed by atoms with Gasteiger partial charge in [0.1, 0.15) is 10.7 Å². The minimum Gasteiger partial charge on any atom is -0.398 e. The molecule has 21 heavy (non-hydrogen) atoms. The summed E-state index contributed by atoms with van der Waals surface area (Å²) in [5.41, 5.74) is 6.44. The third-order valence-corrected chi connectivity index (χ3v) is 4.99. The Morgan fingerprint density at radius 2 is 1.95 bits per heavy atom. The van der Waals surface area contributed by atoms with Crippen molar-refractivity contribution in [2.45, 2.75) is 11.8 Å². The summed E-state index contributed by atoms with van der Waals surface area (Å²) in [6.45, 7) is 1.59. The molecule has 2 aromatic carbocycles. The Morgan fingerprint density at radius 3 is 2.62 bits per heavy atom. The Balaban J connectivity index is 2.48. The molecule has 0 fully saturated rings. The number of aryl methyl sites for hydroxylation is 1. The molecule has 0 bridgehead atoms. The molecule has 0 amide bonds. The second-order valence-electron chi connectivity index (χ2n) is 4.37. The highest BCUT2D eigenvalue weighted by molar-refractivity contribution is 9.10. The quantitative estimate of drug-likeness (QED) is 0.776. The molecular weight excluding hydrogens is 383 g/mol. The van der Waals surface area contributed by atoms with Gasteiger partial charge >= 0.3 is 0 Å². The van der Waals surface area contributed by atoms with Crippen LogP contribution in [0.5, 0.6) is 0 Å². The molecule has 3 N–H and O–H groups in total. The van der Waals surface area contributed by atoms with Crippen LogP contribution in [0.15, 0.2) is 39.7 Å². The van der Waals surface area contributed by atoms with Crippen molar-refractivity contribution in [3.8, 4) is 0 Å². The van der Waals surface area contributed by atoms with Crippen LogP contribution in [0.4, 0.5) is 15.8 Å². The van der Waals surface area contributed by atoms with Gasteiger partial charge in [-0.1, -0.05) is 27.5 Å². The van der Waals surface area contributed by atoms with E-state index < -0.39 is 20.7 Å². The van der Waals surface area contributed by atoms with Gasteiger partial charge in [-0.3, -0.25) is 4.72 Å². The first-order chi connectivity index (χ1) is 9.70. The average molecular weight is 394 g/mol. The fourth-order valence-corrected chi connectivity index (χ4v) is 3.40. The van der Waals surface area contributed by atoms with E-state index in [0.29, 0.717) is 10.0 Å². The number of rotatable bonds is 3. The standard InChI is InChI=1S/C13H11BrClFN2O2S/c1-7-4-10(16)13(6-11(7)17)21(19,20)18-12-5-8(14)2-3-9(12)15/h2-6,18H,17H2,1H3. The van der Waals surface area contributed by atoms with Gasteiger partial charge in [0.05, 0.1) is 10.7 Å². The van der Waals surface area contributed by atoms with Crippen LogP contribution in [0.25, 0.3) is 0 Å². The van der Waals surface area contributed by atoms with E-state index in [9.17, 15) is 12.8 Å². The van der Waals surface area contributed by atoms with Crippen LogP contribution in [0.3, 0.4) is 0 Å². The van der Waals surface area contributed by atoms with Gasteiger partial charge in [-0.2, -0.15) is 0 Å². The predicted molar refractivity (Wildman–Crippen MR) is 85.5 cm³/mol. The first-order valence-electron chi connectivity index (χ1n) is 5.74. The molecule has 8 heteroatoms. The molecule has 0 saturated heterocycles. The topological polar surface area (TPSA) is 72.2 Å². The molecule has 4 nitrogen and oxygen atoms in total. The van der Waals surface area contributed by atoms with Crippen LogP contribution in [-0.2, 0) is 10.0 Å². The zero-order chi connectivity index (χ0) is 15.8. The van der Waals surface area contributed by atoms with E-state index in [-0.39, 0.29) is 16.4 Å². The maximum absolute atomic E-state index is 13.9. The number of nitrogens with one attached hydrogen (secondary N) is 1. The first kappa shape index (κ1) is 16.1. The number of anilines is 2. The summed E-state index contributed by atoms with van der Waals surface area (Å²) in [7, 11) is -4.13. The largest absolute Gasteiger partial charge is 0.398 e. The summed E-state index contributed by atoms with van der Waals surface area (Å²) in [5.74, 6) is -0.875. The fraction of sp³-hybridized carbons (Fsp3) is 0.0769. The molecule has 0 unspecified atom stereocenters. The lowest BCUT2D eigenvalue weighted by molar-refractivity contribution is 0.570. The molecule has 0 atom stereocenters. The van der Waals surface area contributed by atoms with Gasteiger partial charge in [0.2, 0.25) is 0 Å². The lowest BCUT2D eigenvalue weighted by atomic mass is 10.2. The fourth-order valence-electron chi connectivity index (χ4n) is 1.65. The van der Waals surface area contributed by atoms with Crippen LogP contribution < -0.4 is 10.5 Å². The highest BCUT2D eigenvalue weighted by atomic mass is 79.9. The zero-order valence-corrected chi connectivity index (χ0v) is 14.0. The summed E-state index contributed by atoms with van der Waals surface area (Å²) in [6, 6.07) is 6.81. The van der Waals surface area contributed by atoms with Crippen molar-refractivity contribution in [1.82, 2.24) is 0 Å². The van der Waals surface area contributed by atoms with Crippen LogP contribution in [0.2, 0.25) is 5.02 Å². The van der Waals surface area contributed by atoms with Crippen LogP contribution in [0, 0.1) is 12.7 Å². The third-order valence-electron chi connectivity index (χ3n) is 2.78. The Morgan fingerprint density at radius 1 is 1.29 bits per heavy atom. The second kappa shape index (κ2) is 5.82. The Labute approximate surface area is 135 Å². The lowest BCUT2D eigenvalue weighted by Crippen LogP contribution is -2.15. The molecule has 0 aliphatic rings. The zero-order valence-electron chi connectivity index (χ0n) is 10.8. The van der Waals surface area contributed by atoms with Crippen molar-refractivity contribution < 1.29 is 12.8 Å². The lowest BCUT2D eigenvalue weighted by Gasteiger charge is -2.12. The molecule has 112 valence electrons. The monoisotopic (exact) mass is 392 g/mol. The summed E-state index contributed by atoms with van der Waals surface area (Å²) in [5, 5.41) is 0.197. The summed E-state index contributed by atoms with van der Waals surface area (Å²) >= 11 is 9.13. The summed E-state index contributed by atoms with van der Waals surface area (Å²) in [6.07, 6.45) is 0. The summed E-state index contributed by atoms with van der Waals surface area (Å²) < 4.78 is 41.3. The van der Waals surface area contributed by atoms with Crippen molar-refractivity contribution in [3.63, 3.8) is 0 Å². The molecule has 2 rings (SSSR count). The normalized spacial score (nSPS) is 11.4. The van der Waals surface area contributed by atoms with Gasteiger partial charge in [-0.05, 0) is 42.8 Å². The van der Waals surface area contributed by atoms with E-state index in [1.54, 1.807) is 13.0 Å². The van der Waals surface area contributed by atoms with Gasteiger partial charge in [0.15, 0.2) is 0 Å². The number of hydrogen-bond acceptors (Lipinski definition) is 3. The first-order valence-corrected chi connectivity index (χ1v) is 8.39. The van der Waals surface area contributed by atoms with E-state index in [4.69, 9.17) is 17.3 Å². The van der Waals surface area contributed by atoms with E-state index in [1.165, 1.54) is 12.1 Å². The molecular formula is C13H11BrClFN2O2S. The van der Waals surface area contributed by atoms with Crippen LogP contribution in [0.1, 0.15) is 5.56 Å². The van der Waals surface area contributed by atoms with E-state index in [0.717, 1.165) is 12.1 Å². The highest BCUT2D eigenvalue weighted by Crippen LogP contribution is 2.29. The number of halogens is 3. The molecule has 0 spiro atoms. The van der Waals surface area contributed by atoms with Crippen molar-refractivity contribution in [3.05, 3.63) is 51.2 Å². The minimum absolute atomic E-state index is 0.143. The van der Waals surface area contributed by atoms with Crippen molar-refractivity contribution >= 4 is 48.9 Å². The molecule has 0 aliphatic heterocycles. The number of sulfonamides is 1. The average Bonchev–Trinajstić information content (AvgIpc) is 2.37. The number of benzene rings is 2. The third kappa shape index (κ3) is 3.48. The Bertz CT molecular complexity index is 812. The smallest absolute Gasteiger partial charge is 0.264 e. The summed E-state index contributed by atoms with van der Waals surface area (Å²) in [4.78, 5) is -0.526. The maximum atomic E-state index is 13.9. The van der Waals surface area contributed by atoms with Crippen molar-refractivity contribution in [2.24, 2.45) is 0 Å². The predicted octanol–water partition coefficient (Wildman–Crippen LogP) is 3.93. The van der Waals surface area contributed by atoms with Gasteiger partial charge in [-0.25, -0.2) is 12.8 Å². The second-order valence-corrected chi connectivity index (χ2v) is 7.34. The number of hydrogen-bond donors (Lipinski definition) is 2. The Kier molecular flexibility index (Phi) is 4.46. The molecule has 0 aliphatic carbocycles. The minimum atomic E-state index is -4.13. The van der Waals surface area contributed by atoms with E-state index >= 15 is 0 Å². The van der Waals surface area contributed by atoms with E-state index in [2.05, 4.69) is 20.7 Å². The number of nitrogens with two attached hydrogens (primary N) is 1. The van der Waals surface area contributed by atoms with Crippen molar-refractivity contribution in [1.29, 1.82) is 0 Å². The van der Waals surface area contributed by atoms with Crippen LogP contribution in [-0.4, -0.2) is 8.42 Å². The SMILES string of the molecule is Cc1cc(F)c(S(=O)(=O)Nc2cc(Br)ccc2Cl)cc1N. The molecule has 2 aromatic rings. The van der Waals surface area contributed by atoms with Gasteiger partial charge in [0, 0.05) is 10.2 Å². The highest BCUT2D eigenvalue weighted by Gasteiger charge is 2.21. The number of nitrogen functional groups attached to an aromatic ring is 1. The van der Waals surface area contributed by atoms with Gasteiger partial charge < -0.3 is 5.73 Å². The maximum Gasteiger partial charge on any atom is 0.264 e. The molecule has 0 saturated carbocycles. The molecule has 0 aromatic heterocycles.